The summed E-state index contributed by atoms with van der Waals surface area (Å²) in [5.74, 6) is 0.595. The number of hydrogen-bond donors (Lipinski definition) is 1. The van der Waals surface area contributed by atoms with Gasteiger partial charge in [-0.25, -0.2) is 0 Å². The number of nitrogens with one attached hydrogen (secondary N) is 1. The van der Waals surface area contributed by atoms with E-state index in [1.807, 2.05) is 31.2 Å². The molecule has 1 amide bonds. The predicted molar refractivity (Wildman–Crippen MR) is 67.4 cm³/mol. The van der Waals surface area contributed by atoms with Gasteiger partial charge < -0.3 is 9.84 Å². The zero-order valence-electron chi connectivity index (χ0n) is 9.81. The molecular weight excluding hydrogens is 254 g/mol. The third-order valence-electron chi connectivity index (χ3n) is 2.28. The van der Waals surface area contributed by atoms with Crippen molar-refractivity contribution >= 4 is 23.2 Å². The van der Waals surface area contributed by atoms with Crippen LogP contribution in [0.2, 0.25) is 0 Å². The van der Waals surface area contributed by atoms with E-state index < -0.39 is 0 Å². The van der Waals surface area contributed by atoms with E-state index in [4.69, 9.17) is 16.1 Å². The van der Waals surface area contributed by atoms with Crippen LogP contribution in [0.25, 0.3) is 0 Å². The molecule has 1 N–H and O–H groups in total. The summed E-state index contributed by atoms with van der Waals surface area (Å²) >= 11 is 5.52. The number of amides is 1. The van der Waals surface area contributed by atoms with E-state index in [0.717, 1.165) is 11.3 Å². The normalized spacial score (nSPS) is 10.3. The molecule has 5 nitrogen and oxygen atoms in total. The first-order valence-electron chi connectivity index (χ1n) is 5.41. The van der Waals surface area contributed by atoms with Gasteiger partial charge in [0.1, 0.15) is 5.88 Å². The van der Waals surface area contributed by atoms with Crippen LogP contribution < -0.4 is 5.32 Å². The van der Waals surface area contributed by atoms with Crippen LogP contribution in [0.4, 0.5) is 5.69 Å². The standard InChI is InChI=1S/C12H12ClN3O2/c1-8-2-4-9(5-3-8)14-11(17)6-10-15-12(7-13)18-16-10/h2-5H,6-7H2,1H3,(H,14,17). The minimum atomic E-state index is -0.194. The average Bonchev–Trinajstić information content (AvgIpc) is 2.79. The third kappa shape index (κ3) is 3.30. The molecule has 94 valence electrons. The molecule has 0 aliphatic heterocycles. The highest BCUT2D eigenvalue weighted by molar-refractivity contribution is 6.16. The second kappa shape index (κ2) is 5.64. The molecule has 2 rings (SSSR count). The van der Waals surface area contributed by atoms with Crippen molar-refractivity contribution in [1.82, 2.24) is 10.1 Å². The molecule has 0 spiro atoms. The zero-order valence-corrected chi connectivity index (χ0v) is 10.6. The van der Waals surface area contributed by atoms with Crippen molar-refractivity contribution in [3.8, 4) is 0 Å². The van der Waals surface area contributed by atoms with Crippen molar-refractivity contribution in [2.24, 2.45) is 0 Å². The van der Waals surface area contributed by atoms with Crippen molar-refractivity contribution < 1.29 is 9.32 Å². The third-order valence-corrected chi connectivity index (χ3v) is 2.51. The number of carbonyl (C=O) groups excluding carboxylic acids is 1. The monoisotopic (exact) mass is 265 g/mol. The molecule has 0 unspecified atom stereocenters. The van der Waals surface area contributed by atoms with E-state index in [-0.39, 0.29) is 18.2 Å². The molecule has 0 saturated heterocycles. The van der Waals surface area contributed by atoms with E-state index in [1.165, 1.54) is 0 Å². The lowest BCUT2D eigenvalue weighted by Crippen LogP contribution is -2.15. The van der Waals surface area contributed by atoms with Gasteiger partial charge in [0, 0.05) is 5.69 Å². The zero-order chi connectivity index (χ0) is 13.0. The van der Waals surface area contributed by atoms with Gasteiger partial charge in [0.15, 0.2) is 5.82 Å². The SMILES string of the molecule is Cc1ccc(NC(=O)Cc2noc(CCl)n2)cc1. The summed E-state index contributed by atoms with van der Waals surface area (Å²) in [6.45, 7) is 1.98. The number of anilines is 1. The van der Waals surface area contributed by atoms with Crippen LogP contribution in [0.15, 0.2) is 28.8 Å². The number of alkyl halides is 1. The Bertz CT molecular complexity index is 537. The number of rotatable bonds is 4. The summed E-state index contributed by atoms with van der Waals surface area (Å²) in [5.41, 5.74) is 1.88. The van der Waals surface area contributed by atoms with Gasteiger partial charge in [-0.1, -0.05) is 22.9 Å². The maximum absolute atomic E-state index is 11.7. The van der Waals surface area contributed by atoms with E-state index in [0.29, 0.717) is 11.7 Å². The minimum absolute atomic E-state index is 0.0638. The smallest absolute Gasteiger partial charge is 0.241 e. The molecule has 1 aromatic carbocycles. The largest absolute Gasteiger partial charge is 0.338 e. The molecule has 1 heterocycles. The fraction of sp³-hybridized carbons (Fsp3) is 0.250. The highest BCUT2D eigenvalue weighted by Crippen LogP contribution is 2.09. The Morgan fingerprint density at radius 3 is 2.72 bits per heavy atom. The lowest BCUT2D eigenvalue weighted by molar-refractivity contribution is -0.115. The van der Waals surface area contributed by atoms with Crippen molar-refractivity contribution in [2.75, 3.05) is 5.32 Å². The fourth-order valence-electron chi connectivity index (χ4n) is 1.40. The van der Waals surface area contributed by atoms with E-state index in [2.05, 4.69) is 15.5 Å². The van der Waals surface area contributed by atoms with E-state index in [9.17, 15) is 4.79 Å². The van der Waals surface area contributed by atoms with E-state index >= 15 is 0 Å². The minimum Gasteiger partial charge on any atom is -0.338 e. The summed E-state index contributed by atoms with van der Waals surface area (Å²) in [6.07, 6.45) is 0.0638. The molecule has 0 saturated carbocycles. The molecule has 0 aliphatic carbocycles. The number of hydrogen-bond acceptors (Lipinski definition) is 4. The molecule has 2 aromatic rings. The highest BCUT2D eigenvalue weighted by Gasteiger charge is 2.10. The van der Waals surface area contributed by atoms with Gasteiger partial charge in [0.25, 0.3) is 0 Å². The summed E-state index contributed by atoms with van der Waals surface area (Å²) in [5, 5.41) is 6.40. The van der Waals surface area contributed by atoms with Gasteiger partial charge in [-0.15, -0.1) is 11.6 Å². The number of benzene rings is 1. The van der Waals surface area contributed by atoms with Gasteiger partial charge in [-0.05, 0) is 19.1 Å². The van der Waals surface area contributed by atoms with Crippen molar-refractivity contribution in [1.29, 1.82) is 0 Å². The maximum Gasteiger partial charge on any atom is 0.241 e. The number of carbonyl (C=O) groups is 1. The van der Waals surface area contributed by atoms with Crippen LogP contribution in [-0.4, -0.2) is 16.0 Å². The Labute approximate surface area is 109 Å². The number of halogens is 1. The van der Waals surface area contributed by atoms with Crippen molar-refractivity contribution in [3.63, 3.8) is 0 Å². The quantitative estimate of drug-likeness (QED) is 0.862. The van der Waals surface area contributed by atoms with Crippen LogP contribution in [0.1, 0.15) is 17.3 Å². The molecule has 0 radical (unpaired) electrons. The first-order valence-corrected chi connectivity index (χ1v) is 5.95. The maximum atomic E-state index is 11.7. The molecule has 0 fully saturated rings. The topological polar surface area (TPSA) is 68.0 Å². The van der Waals surface area contributed by atoms with Crippen LogP contribution in [-0.2, 0) is 17.1 Å². The fourth-order valence-corrected chi connectivity index (χ4v) is 1.51. The molecule has 0 atom stereocenters. The van der Waals surface area contributed by atoms with Crippen molar-refractivity contribution in [3.05, 3.63) is 41.5 Å². The van der Waals surface area contributed by atoms with Crippen LogP contribution in [0.3, 0.4) is 0 Å². The summed E-state index contributed by atoms with van der Waals surface area (Å²) in [4.78, 5) is 15.7. The highest BCUT2D eigenvalue weighted by atomic mass is 35.5. The first-order chi connectivity index (χ1) is 8.67. The Kier molecular flexibility index (Phi) is 3.94. The first kappa shape index (κ1) is 12.6. The molecule has 18 heavy (non-hydrogen) atoms. The van der Waals surface area contributed by atoms with Gasteiger partial charge in [-0.3, -0.25) is 4.79 Å². The van der Waals surface area contributed by atoms with Crippen molar-refractivity contribution in [2.45, 2.75) is 19.2 Å². The Morgan fingerprint density at radius 2 is 2.11 bits per heavy atom. The molecule has 1 aromatic heterocycles. The van der Waals surface area contributed by atoms with Crippen LogP contribution in [0, 0.1) is 6.92 Å². The predicted octanol–water partition coefficient (Wildman–Crippen LogP) is 2.30. The molecule has 6 heteroatoms. The van der Waals surface area contributed by atoms with Gasteiger partial charge in [0.2, 0.25) is 11.8 Å². The Morgan fingerprint density at radius 1 is 1.39 bits per heavy atom. The average molecular weight is 266 g/mol. The summed E-state index contributed by atoms with van der Waals surface area (Å²) in [6, 6.07) is 7.53. The summed E-state index contributed by atoms with van der Waals surface area (Å²) in [7, 11) is 0. The Balaban J connectivity index is 1.94. The van der Waals surface area contributed by atoms with Crippen LogP contribution in [0.5, 0.6) is 0 Å². The molecule has 0 aliphatic rings. The number of aromatic nitrogens is 2. The second-order valence-corrected chi connectivity index (χ2v) is 4.10. The summed E-state index contributed by atoms with van der Waals surface area (Å²) < 4.78 is 4.81. The van der Waals surface area contributed by atoms with E-state index in [1.54, 1.807) is 0 Å². The second-order valence-electron chi connectivity index (χ2n) is 3.83. The molecular formula is C12H12ClN3O2. The number of aryl methyl sites for hydroxylation is 1. The lowest BCUT2D eigenvalue weighted by atomic mass is 10.2. The Hall–Kier alpha value is -1.88. The van der Waals surface area contributed by atoms with Crippen LogP contribution >= 0.6 is 11.6 Å². The lowest BCUT2D eigenvalue weighted by Gasteiger charge is -2.03. The number of nitrogens with zero attached hydrogens (tertiary/aromatic N) is 2. The van der Waals surface area contributed by atoms with Gasteiger partial charge in [0.05, 0.1) is 6.42 Å². The van der Waals surface area contributed by atoms with Gasteiger partial charge >= 0.3 is 0 Å². The molecule has 0 bridgehead atoms. The van der Waals surface area contributed by atoms with Gasteiger partial charge in [-0.2, -0.15) is 4.98 Å².